The summed E-state index contributed by atoms with van der Waals surface area (Å²) in [5.41, 5.74) is 10.8. The van der Waals surface area contributed by atoms with E-state index in [9.17, 15) is 9.59 Å². The lowest BCUT2D eigenvalue weighted by Crippen LogP contribution is -2.38. The number of aryl methyl sites for hydroxylation is 2. The topological polar surface area (TPSA) is 147 Å². The van der Waals surface area contributed by atoms with Gasteiger partial charge in [-0.25, -0.2) is 5.90 Å². The van der Waals surface area contributed by atoms with Gasteiger partial charge >= 0.3 is 0 Å². The average Bonchev–Trinajstić information content (AvgIpc) is 3.89. The van der Waals surface area contributed by atoms with Gasteiger partial charge in [-0.3, -0.25) is 19.5 Å². The van der Waals surface area contributed by atoms with E-state index >= 15 is 0 Å². The van der Waals surface area contributed by atoms with Gasteiger partial charge in [-0.15, -0.1) is 0 Å². The van der Waals surface area contributed by atoms with Crippen LogP contribution in [0.15, 0.2) is 96.0 Å². The summed E-state index contributed by atoms with van der Waals surface area (Å²) >= 11 is 0. The number of ether oxygens (including phenoxy) is 6. The highest BCUT2D eigenvalue weighted by molar-refractivity contribution is 8.77. The molecule has 2 N–H and O–H groups in total. The van der Waals surface area contributed by atoms with E-state index in [-0.39, 0.29) is 41.9 Å². The summed E-state index contributed by atoms with van der Waals surface area (Å²) in [6, 6.07) is 30.3. The molecule has 0 aromatic heterocycles. The fraction of sp³-hybridized carbons (Fsp3) is 0.421. The second kappa shape index (κ2) is 24.2. The number of methoxy groups -OCH3 is 2. The van der Waals surface area contributed by atoms with Gasteiger partial charge in [-0.1, -0.05) is 58.0 Å². The molecule has 0 aliphatic carbocycles. The second-order valence-electron chi connectivity index (χ2n) is 19.5. The van der Waals surface area contributed by atoms with Gasteiger partial charge in [0.05, 0.1) is 64.0 Å². The molecule has 5 aromatic carbocycles. The lowest BCUT2D eigenvalue weighted by Gasteiger charge is -2.34. The van der Waals surface area contributed by atoms with Crippen LogP contribution in [0.5, 0.6) is 17.2 Å². The number of para-hydroxylation sites is 2. The highest BCUT2D eigenvalue weighted by Gasteiger charge is 2.38. The van der Waals surface area contributed by atoms with Crippen LogP contribution >= 0.6 is 21.6 Å². The van der Waals surface area contributed by atoms with Crippen molar-refractivity contribution in [2.24, 2.45) is 10.9 Å². The van der Waals surface area contributed by atoms with Gasteiger partial charge in [-0.05, 0) is 128 Å². The first-order chi connectivity index (χ1) is 35.5. The number of nitrogens with two attached hydrogens (primary N) is 1. The van der Waals surface area contributed by atoms with Crippen molar-refractivity contribution in [2.75, 3.05) is 87.4 Å². The molecule has 0 bridgehead atoms. The fourth-order valence-corrected chi connectivity index (χ4v) is 12.7. The molecule has 386 valence electrons. The van der Waals surface area contributed by atoms with E-state index in [4.69, 9.17) is 44.1 Å². The van der Waals surface area contributed by atoms with E-state index in [1.165, 1.54) is 5.56 Å². The summed E-state index contributed by atoms with van der Waals surface area (Å²) in [5.74, 6) is 7.81. The summed E-state index contributed by atoms with van der Waals surface area (Å²) in [4.78, 5) is 44.3. The van der Waals surface area contributed by atoms with E-state index in [2.05, 4.69) is 67.3 Å². The number of fused-ring (bicyclic) bond motifs is 8. The molecule has 0 saturated carbocycles. The maximum atomic E-state index is 14.2. The summed E-state index contributed by atoms with van der Waals surface area (Å²) in [6.07, 6.45) is 5.95. The highest BCUT2D eigenvalue weighted by Crippen LogP contribution is 2.43. The third-order valence-electron chi connectivity index (χ3n) is 13.6. The number of hydrogen-bond donors (Lipinski definition) is 1. The van der Waals surface area contributed by atoms with E-state index < -0.39 is 0 Å². The smallest absolute Gasteiger partial charge is 0.261 e. The van der Waals surface area contributed by atoms with Crippen molar-refractivity contribution < 1.29 is 42.8 Å². The number of hydrogen-bond acceptors (Lipinski definition) is 14. The number of nitrogens with zero attached hydrogens (tertiary/aromatic N) is 4. The monoisotopic (exact) mass is 1030 g/mol. The van der Waals surface area contributed by atoms with Crippen molar-refractivity contribution in [1.82, 2.24) is 0 Å². The average molecular weight is 1030 g/mol. The van der Waals surface area contributed by atoms with Gasteiger partial charge in [0.25, 0.3) is 11.8 Å². The Labute approximate surface area is 437 Å². The Kier molecular flexibility index (Phi) is 17.3. The molecular formula is C57H67N5O9S2. The van der Waals surface area contributed by atoms with Crippen molar-refractivity contribution in [3.8, 4) is 17.2 Å². The van der Waals surface area contributed by atoms with Crippen LogP contribution in [-0.2, 0) is 51.5 Å². The molecule has 2 amide bonds. The van der Waals surface area contributed by atoms with Crippen LogP contribution in [0.2, 0.25) is 0 Å². The zero-order valence-corrected chi connectivity index (χ0v) is 44.2. The van der Waals surface area contributed by atoms with Gasteiger partial charge in [0.1, 0.15) is 19.0 Å². The minimum Gasteiger partial charge on any atom is -0.493 e. The molecule has 14 nitrogen and oxygen atoms in total. The van der Waals surface area contributed by atoms with Gasteiger partial charge in [0, 0.05) is 78.1 Å². The molecule has 0 fully saturated rings. The lowest BCUT2D eigenvalue weighted by molar-refractivity contribution is 0.0264. The van der Waals surface area contributed by atoms with Gasteiger partial charge in [-0.2, -0.15) is 0 Å². The van der Waals surface area contributed by atoms with Crippen molar-refractivity contribution >= 4 is 62.4 Å². The van der Waals surface area contributed by atoms with Crippen LogP contribution in [0, 0.1) is 6.92 Å². The summed E-state index contributed by atoms with van der Waals surface area (Å²) in [5, 5.41) is 0. The van der Waals surface area contributed by atoms with E-state index in [0.717, 1.165) is 87.6 Å². The molecule has 0 unspecified atom stereocenters. The minimum atomic E-state index is -0.181. The zero-order valence-electron chi connectivity index (χ0n) is 42.6. The maximum Gasteiger partial charge on any atom is 0.261 e. The first-order valence-corrected chi connectivity index (χ1v) is 27.5. The number of carbonyl (C=O) groups excluding carboxylic acids is 2. The minimum absolute atomic E-state index is 0.0526. The second-order valence-corrected chi connectivity index (χ2v) is 22.6. The van der Waals surface area contributed by atoms with Crippen LogP contribution in [0.25, 0.3) is 0 Å². The normalized spacial score (nSPS) is 16.5. The Morgan fingerprint density at radius 3 is 2.16 bits per heavy atom. The predicted molar refractivity (Wildman–Crippen MR) is 292 cm³/mol. The molecule has 73 heavy (non-hydrogen) atoms. The van der Waals surface area contributed by atoms with Crippen LogP contribution in [-0.4, -0.2) is 108 Å². The summed E-state index contributed by atoms with van der Waals surface area (Å²) in [7, 11) is 6.90. The molecular weight excluding hydrogens is 963 g/mol. The molecule has 4 aliphatic heterocycles. The predicted octanol–water partition coefficient (Wildman–Crippen LogP) is 9.89. The summed E-state index contributed by atoms with van der Waals surface area (Å²) in [6.45, 7) is 11.3. The number of carbonyl (C=O) groups is 2. The molecule has 0 radical (unpaired) electrons. The standard InChI is InChI=1S/C57H67N5O9S2/c1-38-25-47-41(15-16-44-29-42-11-6-8-13-50(42)61(44)55(47)63)31-52(38)69-35-39-26-40(28-45(27-39)60(17-19-67-22-23-68-21-20-65-4)37-57(2,3)73-72-24-10-18-71-58)36-70-54-33-49-48(32-53(54)66-5)56(64)62-46(34-59-49)30-43-12-7-9-14-51(43)62/h6-9,11-14,25-28,31-34,44,46H,10,15-24,29-30,35-37,58H2,1-5H3/t44-,46+/m1/s1. The first kappa shape index (κ1) is 52.3. The molecule has 5 aromatic rings. The van der Waals surface area contributed by atoms with Gasteiger partial charge < -0.3 is 43.1 Å². The van der Waals surface area contributed by atoms with E-state index in [0.29, 0.717) is 81.9 Å². The molecule has 0 saturated heterocycles. The molecule has 4 heterocycles. The Hall–Kier alpha value is -5.59. The zero-order chi connectivity index (χ0) is 50.9. The SMILES string of the molecule is COCCOCCOCCN(CC(C)(C)SSCCCON)c1cc(COc2cc3c(cc2C)C(=O)N2c4ccccc4C[C@H]2CC3)cc(COc2cc3c(cc2OC)C(=O)N2c4ccccc4C[C@H]2C=N3)c1. The molecule has 16 heteroatoms. The fourth-order valence-electron chi connectivity index (χ4n) is 10.1. The number of rotatable bonds is 25. The van der Waals surface area contributed by atoms with Crippen molar-refractivity contribution in [3.63, 3.8) is 0 Å². The summed E-state index contributed by atoms with van der Waals surface area (Å²) < 4.78 is 36.1. The van der Waals surface area contributed by atoms with Crippen LogP contribution in [0.3, 0.4) is 0 Å². The van der Waals surface area contributed by atoms with Crippen molar-refractivity contribution in [1.29, 1.82) is 0 Å². The Morgan fingerprint density at radius 2 is 1.42 bits per heavy atom. The molecule has 4 aliphatic rings. The van der Waals surface area contributed by atoms with Crippen LogP contribution in [0.1, 0.15) is 80.8 Å². The lowest BCUT2D eigenvalue weighted by atomic mass is 9.98. The third kappa shape index (κ3) is 12.3. The quantitative estimate of drug-likeness (QED) is 0.0337. The largest absolute Gasteiger partial charge is 0.493 e. The Bertz CT molecular complexity index is 2790. The Balaban J connectivity index is 0.992. The van der Waals surface area contributed by atoms with Crippen molar-refractivity contribution in [3.05, 3.63) is 136 Å². The van der Waals surface area contributed by atoms with Gasteiger partial charge in [0.15, 0.2) is 11.5 Å². The number of amides is 2. The number of benzene rings is 5. The highest BCUT2D eigenvalue weighted by atomic mass is 33.1. The first-order valence-electron chi connectivity index (χ1n) is 25.2. The van der Waals surface area contributed by atoms with Crippen LogP contribution in [0.4, 0.5) is 22.7 Å². The Morgan fingerprint density at radius 1 is 0.740 bits per heavy atom. The van der Waals surface area contributed by atoms with E-state index in [1.807, 2.05) is 74.9 Å². The third-order valence-corrected chi connectivity index (χ3v) is 17.0. The van der Waals surface area contributed by atoms with Crippen LogP contribution < -0.4 is 34.8 Å². The molecule has 0 spiro atoms. The molecule has 9 rings (SSSR count). The van der Waals surface area contributed by atoms with E-state index in [1.54, 1.807) is 26.4 Å². The van der Waals surface area contributed by atoms with Crippen molar-refractivity contribution in [2.45, 2.75) is 82.9 Å². The number of aliphatic imine (C=N–C) groups is 1. The molecule has 2 atom stereocenters. The van der Waals surface area contributed by atoms with Gasteiger partial charge in [0.2, 0.25) is 0 Å². The maximum absolute atomic E-state index is 14.2. The number of anilines is 3.